The Labute approximate surface area is 122 Å². The van der Waals surface area contributed by atoms with Gasteiger partial charge in [0.2, 0.25) is 5.13 Å². The van der Waals surface area contributed by atoms with Gasteiger partial charge >= 0.3 is 5.97 Å². The summed E-state index contributed by atoms with van der Waals surface area (Å²) in [5, 5.41) is 20.7. The summed E-state index contributed by atoms with van der Waals surface area (Å²) >= 11 is 2.61. The van der Waals surface area contributed by atoms with Gasteiger partial charge in [0.15, 0.2) is 4.34 Å². The molecule has 1 heterocycles. The molecule has 0 aliphatic rings. The molecule has 0 aromatic carbocycles. The van der Waals surface area contributed by atoms with Crippen molar-refractivity contribution in [2.45, 2.75) is 32.0 Å². The van der Waals surface area contributed by atoms with Crippen LogP contribution in [0.15, 0.2) is 4.34 Å². The highest BCUT2D eigenvalue weighted by Gasteiger charge is 2.18. The van der Waals surface area contributed by atoms with Crippen LogP contribution in [0.3, 0.4) is 0 Å². The minimum Gasteiger partial charge on any atom is -0.481 e. The number of carboxylic acids is 1. The van der Waals surface area contributed by atoms with Crippen LogP contribution in [0.2, 0.25) is 0 Å². The first-order valence-electron chi connectivity index (χ1n) is 6.32. The molecule has 0 unspecified atom stereocenters. The normalized spacial score (nSPS) is 11.5. The maximum Gasteiger partial charge on any atom is 0.313 e. The van der Waals surface area contributed by atoms with Crippen LogP contribution in [0.5, 0.6) is 0 Å². The second-order valence-corrected chi connectivity index (χ2v) is 7.29. The van der Waals surface area contributed by atoms with Crippen molar-refractivity contribution in [2.75, 3.05) is 17.6 Å². The molecule has 19 heavy (non-hydrogen) atoms. The van der Waals surface area contributed by atoms with E-state index in [1.54, 1.807) is 0 Å². The van der Waals surface area contributed by atoms with Crippen molar-refractivity contribution >= 4 is 34.2 Å². The summed E-state index contributed by atoms with van der Waals surface area (Å²) in [4.78, 5) is 10.5. The van der Waals surface area contributed by atoms with Gasteiger partial charge in [-0.3, -0.25) is 4.79 Å². The number of aromatic nitrogens is 2. The number of anilines is 1. The van der Waals surface area contributed by atoms with Crippen molar-refractivity contribution in [3.8, 4) is 0 Å². The fraction of sp³-hybridized carbons (Fsp3) is 0.750. The van der Waals surface area contributed by atoms with E-state index < -0.39 is 5.97 Å². The summed E-state index contributed by atoms with van der Waals surface area (Å²) in [5.74, 6) is 0.992. The number of nitrogens with one attached hydrogen (secondary N) is 1. The Hall–Kier alpha value is -0.820. The lowest BCUT2D eigenvalue weighted by Gasteiger charge is -2.24. The van der Waals surface area contributed by atoms with Crippen molar-refractivity contribution in [2.24, 2.45) is 17.8 Å². The Morgan fingerprint density at radius 3 is 2.47 bits per heavy atom. The van der Waals surface area contributed by atoms with Crippen molar-refractivity contribution in [3.63, 3.8) is 0 Å². The molecule has 7 heteroatoms. The third kappa shape index (κ3) is 5.78. The lowest BCUT2D eigenvalue weighted by Crippen LogP contribution is -2.24. The number of hydrogen-bond acceptors (Lipinski definition) is 6. The average Bonchev–Trinajstić information content (AvgIpc) is 2.73. The molecule has 0 bridgehead atoms. The van der Waals surface area contributed by atoms with E-state index in [4.69, 9.17) is 5.11 Å². The first-order chi connectivity index (χ1) is 8.90. The molecule has 0 aliphatic carbocycles. The minimum absolute atomic E-state index is 0.0231. The van der Waals surface area contributed by atoms with Crippen molar-refractivity contribution in [1.82, 2.24) is 10.2 Å². The Bertz CT molecular complexity index is 399. The second kappa shape index (κ2) is 7.69. The van der Waals surface area contributed by atoms with Gasteiger partial charge in [-0.05, 0) is 17.8 Å². The highest BCUT2D eigenvalue weighted by molar-refractivity contribution is 8.01. The molecule has 0 saturated carbocycles. The standard InChI is InChI=1S/C12H21N3O2S2/c1-7(2)9(8(3)4)5-13-11-14-15-12(19-11)18-6-10(16)17/h7-9H,5-6H2,1-4H3,(H,13,14)(H,16,17). The lowest BCUT2D eigenvalue weighted by atomic mass is 9.86. The third-order valence-corrected chi connectivity index (χ3v) is 4.93. The van der Waals surface area contributed by atoms with E-state index in [-0.39, 0.29) is 5.75 Å². The van der Waals surface area contributed by atoms with Crippen molar-refractivity contribution in [1.29, 1.82) is 0 Å². The summed E-state index contributed by atoms with van der Waals surface area (Å²) in [6.07, 6.45) is 0. The van der Waals surface area contributed by atoms with E-state index in [0.29, 0.717) is 22.1 Å². The van der Waals surface area contributed by atoms with E-state index in [0.717, 1.165) is 11.7 Å². The monoisotopic (exact) mass is 303 g/mol. The first-order valence-corrected chi connectivity index (χ1v) is 8.12. The third-order valence-electron chi connectivity index (χ3n) is 2.93. The number of hydrogen-bond donors (Lipinski definition) is 2. The van der Waals surface area contributed by atoms with Crippen LogP contribution in [0.1, 0.15) is 27.7 Å². The number of thioether (sulfide) groups is 1. The van der Waals surface area contributed by atoms with E-state index in [9.17, 15) is 4.79 Å². The maximum absolute atomic E-state index is 10.5. The molecular weight excluding hydrogens is 282 g/mol. The van der Waals surface area contributed by atoms with E-state index in [2.05, 4.69) is 43.2 Å². The Kier molecular flexibility index (Phi) is 6.57. The first kappa shape index (κ1) is 16.2. The second-order valence-electron chi connectivity index (χ2n) is 5.09. The predicted molar refractivity (Wildman–Crippen MR) is 79.9 cm³/mol. The van der Waals surface area contributed by atoms with Crippen LogP contribution >= 0.6 is 23.1 Å². The van der Waals surface area contributed by atoms with Gasteiger partial charge in [0.25, 0.3) is 0 Å². The molecule has 0 aliphatic heterocycles. The summed E-state index contributed by atoms with van der Waals surface area (Å²) in [6.45, 7) is 9.76. The molecule has 0 atom stereocenters. The lowest BCUT2D eigenvalue weighted by molar-refractivity contribution is -0.133. The largest absolute Gasteiger partial charge is 0.481 e. The fourth-order valence-electron chi connectivity index (χ4n) is 1.91. The Morgan fingerprint density at radius 1 is 1.32 bits per heavy atom. The Balaban J connectivity index is 2.47. The zero-order chi connectivity index (χ0) is 14.4. The molecule has 1 aromatic rings. The quantitative estimate of drug-likeness (QED) is 0.719. The number of aliphatic carboxylic acids is 1. The van der Waals surface area contributed by atoms with Gasteiger partial charge in [0.05, 0.1) is 5.75 Å². The van der Waals surface area contributed by atoms with E-state index >= 15 is 0 Å². The van der Waals surface area contributed by atoms with Crippen LogP contribution in [-0.2, 0) is 4.79 Å². The number of carbonyl (C=O) groups is 1. The SMILES string of the molecule is CC(C)C(CNc1nnc(SCC(=O)O)s1)C(C)C. The molecular formula is C12H21N3O2S2. The molecule has 108 valence electrons. The number of rotatable bonds is 8. The van der Waals surface area contributed by atoms with Gasteiger partial charge in [0, 0.05) is 6.54 Å². The topological polar surface area (TPSA) is 75.1 Å². The Morgan fingerprint density at radius 2 is 1.95 bits per heavy atom. The van der Waals surface area contributed by atoms with Crippen molar-refractivity contribution in [3.05, 3.63) is 0 Å². The van der Waals surface area contributed by atoms with Crippen LogP contribution in [-0.4, -0.2) is 33.6 Å². The summed E-state index contributed by atoms with van der Waals surface area (Å²) in [5.41, 5.74) is 0. The smallest absolute Gasteiger partial charge is 0.313 e. The number of nitrogens with zero attached hydrogens (tertiary/aromatic N) is 2. The van der Waals surface area contributed by atoms with Crippen LogP contribution in [0, 0.1) is 17.8 Å². The molecule has 0 spiro atoms. The fourth-order valence-corrected chi connectivity index (χ4v) is 3.39. The van der Waals surface area contributed by atoms with Gasteiger partial charge in [-0.1, -0.05) is 50.8 Å². The highest BCUT2D eigenvalue weighted by Crippen LogP contribution is 2.27. The maximum atomic E-state index is 10.5. The number of carboxylic acid groups (broad SMARTS) is 1. The summed E-state index contributed by atoms with van der Waals surface area (Å²) in [6, 6.07) is 0. The molecule has 2 N–H and O–H groups in total. The highest BCUT2D eigenvalue weighted by atomic mass is 32.2. The summed E-state index contributed by atoms with van der Waals surface area (Å²) < 4.78 is 0.690. The van der Waals surface area contributed by atoms with Gasteiger partial charge < -0.3 is 10.4 Å². The van der Waals surface area contributed by atoms with Crippen LogP contribution < -0.4 is 5.32 Å². The summed E-state index contributed by atoms with van der Waals surface area (Å²) in [7, 11) is 0. The molecule has 1 aromatic heterocycles. The predicted octanol–water partition coefficient (Wildman–Crippen LogP) is 3.05. The molecule has 0 amide bonds. The van der Waals surface area contributed by atoms with Crippen LogP contribution in [0.4, 0.5) is 5.13 Å². The zero-order valence-corrected chi connectivity index (χ0v) is 13.3. The van der Waals surface area contributed by atoms with Gasteiger partial charge in [-0.2, -0.15) is 0 Å². The van der Waals surface area contributed by atoms with E-state index in [1.165, 1.54) is 23.1 Å². The van der Waals surface area contributed by atoms with Gasteiger partial charge in [-0.15, -0.1) is 10.2 Å². The molecule has 0 fully saturated rings. The molecule has 0 saturated heterocycles. The molecule has 5 nitrogen and oxygen atoms in total. The van der Waals surface area contributed by atoms with Gasteiger partial charge in [0.1, 0.15) is 0 Å². The van der Waals surface area contributed by atoms with Crippen molar-refractivity contribution < 1.29 is 9.90 Å². The van der Waals surface area contributed by atoms with Crippen LogP contribution in [0.25, 0.3) is 0 Å². The zero-order valence-electron chi connectivity index (χ0n) is 11.7. The average molecular weight is 303 g/mol. The van der Waals surface area contributed by atoms with Gasteiger partial charge in [-0.25, -0.2) is 0 Å². The van der Waals surface area contributed by atoms with E-state index in [1.807, 2.05) is 0 Å². The molecule has 1 rings (SSSR count). The minimum atomic E-state index is -0.839. The molecule has 0 radical (unpaired) electrons.